The third-order valence-electron chi connectivity index (χ3n) is 5.91. The van der Waals surface area contributed by atoms with Crippen LogP contribution in [0, 0.1) is 56.2 Å². The van der Waals surface area contributed by atoms with E-state index in [0.717, 1.165) is 23.7 Å². The number of nitrogens with zero attached hydrogens (tertiary/aromatic N) is 3. The summed E-state index contributed by atoms with van der Waals surface area (Å²) in [4.78, 5) is 0.681. The van der Waals surface area contributed by atoms with Gasteiger partial charge in [-0.2, -0.15) is 15.8 Å². The largest absolute Gasteiger partial charge is 0.447 e. The first-order valence-corrected chi connectivity index (χ1v) is 10.1. The summed E-state index contributed by atoms with van der Waals surface area (Å²) in [5.41, 5.74) is -3.46. The van der Waals surface area contributed by atoms with E-state index in [2.05, 4.69) is 34.1 Å². The molecule has 1 aliphatic carbocycles. The molecule has 4 atom stereocenters. The lowest BCUT2D eigenvalue weighted by atomic mass is 9.53. The van der Waals surface area contributed by atoms with Gasteiger partial charge in [0, 0.05) is 21.2 Å². The fourth-order valence-electron chi connectivity index (χ4n) is 4.76. The molecule has 0 amide bonds. The second kappa shape index (κ2) is 5.79. The molecular weight excluding hydrogens is 416 g/mol. The van der Waals surface area contributed by atoms with Crippen LogP contribution in [0.25, 0.3) is 0 Å². The molecule has 1 saturated carbocycles. The van der Waals surface area contributed by atoms with Crippen LogP contribution in [0.3, 0.4) is 0 Å². The Bertz CT molecular complexity index is 896. The van der Waals surface area contributed by atoms with E-state index in [1.165, 1.54) is 11.3 Å². The Labute approximate surface area is 163 Å². The quantitative estimate of drug-likeness (QED) is 0.708. The highest BCUT2D eigenvalue weighted by molar-refractivity contribution is 9.10. The minimum absolute atomic E-state index is 0.298. The summed E-state index contributed by atoms with van der Waals surface area (Å²) in [7, 11) is 0. The molecule has 1 N–H and O–H groups in total. The Morgan fingerprint density at radius 1 is 1.19 bits per heavy atom. The van der Waals surface area contributed by atoms with Gasteiger partial charge in [-0.15, -0.1) is 11.3 Å². The number of halogens is 1. The van der Waals surface area contributed by atoms with E-state index >= 15 is 0 Å². The SMILES string of the molecule is N#CC1(C#N)C(c2cc(Br)cs2)OC23CCCCCC2C1(C#N)C(=N)O3. The lowest BCUT2D eigenvalue weighted by molar-refractivity contribution is -0.284. The molecule has 3 heterocycles. The van der Waals surface area contributed by atoms with E-state index in [-0.39, 0.29) is 5.90 Å². The molecule has 3 aliphatic rings. The van der Waals surface area contributed by atoms with Crippen LogP contribution in [-0.4, -0.2) is 11.7 Å². The Morgan fingerprint density at radius 3 is 2.58 bits per heavy atom. The van der Waals surface area contributed by atoms with Gasteiger partial charge in [0.25, 0.3) is 0 Å². The first-order valence-electron chi connectivity index (χ1n) is 8.43. The van der Waals surface area contributed by atoms with Crippen LogP contribution in [-0.2, 0) is 9.47 Å². The predicted molar refractivity (Wildman–Crippen MR) is 95.7 cm³/mol. The number of ether oxygens (including phenoxy) is 2. The molecule has 8 heteroatoms. The monoisotopic (exact) mass is 430 g/mol. The minimum atomic E-state index is -1.84. The summed E-state index contributed by atoms with van der Waals surface area (Å²) in [5.74, 6) is -1.90. The summed E-state index contributed by atoms with van der Waals surface area (Å²) in [6.45, 7) is 0. The van der Waals surface area contributed by atoms with Crippen molar-refractivity contribution >= 4 is 33.2 Å². The number of hydrogen-bond donors (Lipinski definition) is 1. The number of rotatable bonds is 1. The van der Waals surface area contributed by atoms with Crippen LogP contribution in [0.1, 0.15) is 43.1 Å². The van der Waals surface area contributed by atoms with Gasteiger partial charge in [-0.1, -0.05) is 12.8 Å². The van der Waals surface area contributed by atoms with Gasteiger partial charge < -0.3 is 9.47 Å². The third kappa shape index (κ3) is 1.89. The maximum atomic E-state index is 10.2. The van der Waals surface area contributed by atoms with Gasteiger partial charge >= 0.3 is 0 Å². The second-order valence-corrected chi connectivity index (χ2v) is 8.87. The van der Waals surface area contributed by atoms with Crippen LogP contribution >= 0.6 is 27.3 Å². The number of thiophene rings is 1. The van der Waals surface area contributed by atoms with Gasteiger partial charge in [0.1, 0.15) is 6.10 Å². The molecule has 1 aromatic rings. The van der Waals surface area contributed by atoms with Crippen molar-refractivity contribution in [2.24, 2.45) is 16.7 Å². The molecule has 0 aromatic carbocycles. The first kappa shape index (κ1) is 17.5. The number of hydrogen-bond acceptors (Lipinski definition) is 7. The van der Waals surface area contributed by atoms with Crippen molar-refractivity contribution < 1.29 is 9.47 Å². The fourth-order valence-corrected chi connectivity index (χ4v) is 6.30. The van der Waals surface area contributed by atoms with Crippen molar-refractivity contribution in [3.8, 4) is 18.2 Å². The van der Waals surface area contributed by atoms with Gasteiger partial charge in [-0.3, -0.25) is 5.41 Å². The van der Waals surface area contributed by atoms with E-state index in [4.69, 9.17) is 14.9 Å². The molecule has 2 aliphatic heterocycles. The highest BCUT2D eigenvalue weighted by atomic mass is 79.9. The second-order valence-electron chi connectivity index (χ2n) is 7.01. The van der Waals surface area contributed by atoms with Crippen LogP contribution < -0.4 is 0 Å². The van der Waals surface area contributed by atoms with Gasteiger partial charge in [0.05, 0.1) is 24.1 Å². The van der Waals surface area contributed by atoms with Crippen LogP contribution in [0.2, 0.25) is 0 Å². The van der Waals surface area contributed by atoms with Crippen molar-refractivity contribution in [2.75, 3.05) is 0 Å². The summed E-state index contributed by atoms with van der Waals surface area (Å²) in [6.07, 6.45) is 2.91. The van der Waals surface area contributed by atoms with E-state index in [9.17, 15) is 15.8 Å². The molecule has 1 aromatic heterocycles. The maximum absolute atomic E-state index is 10.2. The van der Waals surface area contributed by atoms with Crippen molar-refractivity contribution in [1.29, 1.82) is 21.2 Å². The van der Waals surface area contributed by atoms with E-state index in [0.29, 0.717) is 17.7 Å². The fraction of sp³-hybridized carbons (Fsp3) is 0.556. The smallest absolute Gasteiger partial charge is 0.217 e. The molecule has 6 nitrogen and oxygen atoms in total. The van der Waals surface area contributed by atoms with Crippen LogP contribution in [0.4, 0.5) is 0 Å². The molecular formula is C18H15BrN4O2S. The Kier molecular flexibility index (Phi) is 3.90. The molecule has 132 valence electrons. The zero-order valence-electron chi connectivity index (χ0n) is 13.8. The van der Waals surface area contributed by atoms with E-state index in [1.54, 1.807) is 6.07 Å². The standard InChI is InChI=1S/C18H15BrN4O2S/c19-11-6-12(26-7-11)14-16(8-20,9-21)17(10-22)13-4-2-1-3-5-18(13,24-14)25-15(17)23/h6-7,13-14,23H,1-5H2. The summed E-state index contributed by atoms with van der Waals surface area (Å²) in [6, 6.07) is 8.18. The Morgan fingerprint density at radius 2 is 1.96 bits per heavy atom. The topological polar surface area (TPSA) is 114 Å². The van der Waals surface area contributed by atoms with Crippen molar-refractivity contribution in [3.63, 3.8) is 0 Å². The molecule has 26 heavy (non-hydrogen) atoms. The molecule has 3 fully saturated rings. The van der Waals surface area contributed by atoms with Crippen LogP contribution in [0.5, 0.6) is 0 Å². The molecule has 0 spiro atoms. The van der Waals surface area contributed by atoms with Gasteiger partial charge in [0.15, 0.2) is 5.41 Å². The normalized spacial score (nSPS) is 37.4. The number of nitriles is 3. The first-order chi connectivity index (χ1) is 12.5. The molecule has 4 unspecified atom stereocenters. The maximum Gasteiger partial charge on any atom is 0.217 e. The average Bonchev–Trinajstić information content (AvgIpc) is 3.05. The average molecular weight is 431 g/mol. The third-order valence-corrected chi connectivity index (χ3v) is 7.65. The van der Waals surface area contributed by atoms with Gasteiger partial charge in [-0.05, 0) is 34.8 Å². The lowest BCUT2D eigenvalue weighted by Crippen LogP contribution is -2.59. The van der Waals surface area contributed by atoms with Crippen LogP contribution in [0.15, 0.2) is 15.9 Å². The van der Waals surface area contributed by atoms with E-state index in [1.807, 2.05) is 5.38 Å². The van der Waals surface area contributed by atoms with Crippen molar-refractivity contribution in [1.82, 2.24) is 0 Å². The summed E-state index contributed by atoms with van der Waals surface area (Å²) >= 11 is 4.76. The molecule has 4 rings (SSSR count). The molecule has 0 radical (unpaired) electrons. The summed E-state index contributed by atoms with van der Waals surface area (Å²) < 4.78 is 13.1. The number of nitrogens with one attached hydrogen (secondary N) is 1. The van der Waals surface area contributed by atoms with Gasteiger partial charge in [-0.25, -0.2) is 0 Å². The summed E-state index contributed by atoms with van der Waals surface area (Å²) in [5, 5.41) is 40.7. The molecule has 2 bridgehead atoms. The molecule has 2 saturated heterocycles. The lowest BCUT2D eigenvalue weighted by Gasteiger charge is -2.49. The van der Waals surface area contributed by atoms with E-state index < -0.39 is 28.6 Å². The zero-order chi connectivity index (χ0) is 18.6. The highest BCUT2D eigenvalue weighted by Crippen LogP contribution is 2.69. The zero-order valence-corrected chi connectivity index (χ0v) is 16.2. The Balaban J connectivity index is 2.00. The predicted octanol–water partition coefficient (Wildman–Crippen LogP) is 4.41. The van der Waals surface area contributed by atoms with Crippen molar-refractivity contribution in [2.45, 2.75) is 44.0 Å². The highest BCUT2D eigenvalue weighted by Gasteiger charge is 2.80. The van der Waals surface area contributed by atoms with Gasteiger partial charge in [0.2, 0.25) is 17.1 Å². The Hall–Kier alpha value is -1.92. The van der Waals surface area contributed by atoms with Crippen molar-refractivity contribution in [3.05, 3.63) is 20.8 Å². The minimum Gasteiger partial charge on any atom is -0.447 e.